The molecule has 0 aliphatic heterocycles. The maximum absolute atomic E-state index is 11.8. The van der Waals surface area contributed by atoms with Gasteiger partial charge in [-0.15, -0.1) is 11.3 Å². The summed E-state index contributed by atoms with van der Waals surface area (Å²) in [5, 5.41) is 15.1. The lowest BCUT2D eigenvalue weighted by Crippen LogP contribution is -2.36. The molecular weight excluding hydrogens is 296 g/mol. The minimum Gasteiger partial charge on any atom is -0.467 e. The average molecular weight is 312 g/mol. The summed E-state index contributed by atoms with van der Waals surface area (Å²) in [5.41, 5.74) is 0. The maximum Gasteiger partial charge on any atom is 0.336 e. The summed E-state index contributed by atoms with van der Waals surface area (Å²) < 4.78 is 4.34. The van der Waals surface area contributed by atoms with Gasteiger partial charge in [0.15, 0.2) is 6.10 Å². The van der Waals surface area contributed by atoms with Crippen LogP contribution in [0.1, 0.15) is 22.5 Å². The van der Waals surface area contributed by atoms with Crippen LogP contribution in [-0.2, 0) is 14.3 Å². The molecule has 1 heterocycles. The van der Waals surface area contributed by atoms with E-state index in [0.29, 0.717) is 9.88 Å². The van der Waals surface area contributed by atoms with E-state index in [0.717, 1.165) is 31.3 Å². The van der Waals surface area contributed by atoms with Crippen LogP contribution in [0.25, 0.3) is 0 Å². The molecule has 0 aromatic carbocycles. The number of hydrogen-bond acceptors (Lipinski definition) is 6. The lowest BCUT2D eigenvalue weighted by Gasteiger charge is -2.08. The Hall–Kier alpha value is -1.93. The Balaban J connectivity index is 1.83. The van der Waals surface area contributed by atoms with Gasteiger partial charge in [0, 0.05) is 5.92 Å². The van der Waals surface area contributed by atoms with Gasteiger partial charge in [-0.25, -0.2) is 4.79 Å². The summed E-state index contributed by atoms with van der Waals surface area (Å²) in [6, 6.07) is 3.23. The predicted octanol–water partition coefficient (Wildman–Crippen LogP) is 0.360. The molecule has 1 saturated carbocycles. The van der Waals surface area contributed by atoms with Gasteiger partial charge >= 0.3 is 5.97 Å². The summed E-state index contributed by atoms with van der Waals surface area (Å²) in [6.07, 6.45) is 0.430. The minimum absolute atomic E-state index is 0.0232. The summed E-state index contributed by atoms with van der Waals surface area (Å²) >= 11 is 1.14. The van der Waals surface area contributed by atoms with Gasteiger partial charge in [-0.1, -0.05) is 0 Å². The van der Waals surface area contributed by atoms with Crippen molar-refractivity contribution in [3.63, 3.8) is 0 Å². The molecule has 1 aliphatic rings. The van der Waals surface area contributed by atoms with Gasteiger partial charge in [0.2, 0.25) is 5.91 Å². The first-order chi connectivity index (χ1) is 10.0. The van der Waals surface area contributed by atoms with Crippen molar-refractivity contribution in [3.8, 4) is 0 Å². The van der Waals surface area contributed by atoms with Crippen molar-refractivity contribution in [1.82, 2.24) is 5.32 Å². The van der Waals surface area contributed by atoms with E-state index in [1.807, 2.05) is 0 Å². The van der Waals surface area contributed by atoms with E-state index in [1.165, 1.54) is 0 Å². The molecule has 0 radical (unpaired) electrons. The molecule has 0 bridgehead atoms. The second kappa shape index (κ2) is 6.68. The lowest BCUT2D eigenvalue weighted by atomic mass is 10.3. The first kappa shape index (κ1) is 15.5. The van der Waals surface area contributed by atoms with Gasteiger partial charge < -0.3 is 20.5 Å². The Labute approximate surface area is 125 Å². The molecule has 2 rings (SSSR count). The molecule has 0 saturated heterocycles. The van der Waals surface area contributed by atoms with Crippen LogP contribution in [0, 0.1) is 5.92 Å². The van der Waals surface area contributed by atoms with Gasteiger partial charge in [-0.3, -0.25) is 9.59 Å². The number of amides is 2. The fraction of sp³-hybridized carbons (Fsp3) is 0.462. The van der Waals surface area contributed by atoms with E-state index in [1.54, 1.807) is 12.1 Å². The summed E-state index contributed by atoms with van der Waals surface area (Å²) in [7, 11) is 1.15. The Bertz CT molecular complexity index is 553. The van der Waals surface area contributed by atoms with Gasteiger partial charge in [0.05, 0.1) is 23.5 Å². The third-order valence-electron chi connectivity index (χ3n) is 2.95. The van der Waals surface area contributed by atoms with Crippen molar-refractivity contribution >= 4 is 34.1 Å². The third kappa shape index (κ3) is 4.27. The zero-order valence-corrected chi connectivity index (χ0v) is 12.2. The quantitative estimate of drug-likeness (QED) is 0.658. The van der Waals surface area contributed by atoms with Crippen LogP contribution in [0.2, 0.25) is 0 Å². The molecule has 0 spiro atoms. The normalized spacial score (nSPS) is 15.1. The Kier molecular flexibility index (Phi) is 4.92. The van der Waals surface area contributed by atoms with Gasteiger partial charge in [-0.2, -0.15) is 0 Å². The monoisotopic (exact) mass is 312 g/mol. The van der Waals surface area contributed by atoms with E-state index in [-0.39, 0.29) is 18.4 Å². The number of nitrogens with one attached hydrogen (secondary N) is 2. The zero-order valence-electron chi connectivity index (χ0n) is 11.4. The summed E-state index contributed by atoms with van der Waals surface area (Å²) in [5.74, 6) is -1.15. The van der Waals surface area contributed by atoms with Crippen LogP contribution in [-0.4, -0.2) is 42.6 Å². The predicted molar refractivity (Wildman–Crippen MR) is 76.0 cm³/mol. The number of aliphatic hydroxyl groups is 1. The fourth-order valence-electron chi connectivity index (χ4n) is 1.59. The molecular formula is C13H16N2O5S. The number of carbonyl (C=O) groups is 3. The Morgan fingerprint density at radius 1 is 1.43 bits per heavy atom. The van der Waals surface area contributed by atoms with E-state index >= 15 is 0 Å². The number of esters is 1. The number of rotatable bonds is 6. The van der Waals surface area contributed by atoms with Crippen molar-refractivity contribution < 1.29 is 24.2 Å². The lowest BCUT2D eigenvalue weighted by molar-refractivity contribution is -0.149. The zero-order chi connectivity index (χ0) is 15.4. The van der Waals surface area contributed by atoms with Crippen LogP contribution in [0.15, 0.2) is 12.1 Å². The molecule has 1 fully saturated rings. The number of hydrogen-bond donors (Lipinski definition) is 3. The molecule has 1 unspecified atom stereocenters. The summed E-state index contributed by atoms with van der Waals surface area (Å²) in [4.78, 5) is 34.8. The standard InChI is InChI=1S/C13H16N2O5S/c1-20-13(19)8(16)6-14-12(18)9-4-5-10(21-9)15-11(17)7-2-3-7/h4-5,7-8,16H,2-3,6H2,1H3,(H,14,18)(H,15,17). The first-order valence-corrected chi connectivity index (χ1v) is 7.27. The molecule has 1 atom stereocenters. The van der Waals surface area contributed by atoms with Crippen molar-refractivity contribution in [3.05, 3.63) is 17.0 Å². The first-order valence-electron chi connectivity index (χ1n) is 6.46. The Morgan fingerprint density at radius 2 is 2.14 bits per heavy atom. The number of thiophene rings is 1. The number of methoxy groups -OCH3 is 1. The van der Waals surface area contributed by atoms with Crippen LogP contribution < -0.4 is 10.6 Å². The van der Waals surface area contributed by atoms with Crippen LogP contribution in [0.3, 0.4) is 0 Å². The molecule has 21 heavy (non-hydrogen) atoms. The molecule has 2 amide bonds. The SMILES string of the molecule is COC(=O)C(O)CNC(=O)c1ccc(NC(=O)C2CC2)s1. The second-order valence-corrected chi connectivity index (χ2v) is 5.76. The van der Waals surface area contributed by atoms with Crippen LogP contribution in [0.4, 0.5) is 5.00 Å². The van der Waals surface area contributed by atoms with Gasteiger partial charge in [0.1, 0.15) is 0 Å². The number of ether oxygens (including phenoxy) is 1. The highest BCUT2D eigenvalue weighted by atomic mass is 32.1. The molecule has 8 heteroatoms. The van der Waals surface area contributed by atoms with Crippen molar-refractivity contribution in [1.29, 1.82) is 0 Å². The molecule has 3 N–H and O–H groups in total. The third-order valence-corrected chi connectivity index (χ3v) is 3.95. The maximum atomic E-state index is 11.8. The van der Waals surface area contributed by atoms with Crippen LogP contribution >= 0.6 is 11.3 Å². The highest BCUT2D eigenvalue weighted by Gasteiger charge is 2.29. The highest BCUT2D eigenvalue weighted by Crippen LogP contribution is 2.31. The molecule has 1 aromatic rings. The molecule has 1 aromatic heterocycles. The number of aliphatic hydroxyl groups excluding tert-OH is 1. The van der Waals surface area contributed by atoms with Crippen molar-refractivity contribution in [2.75, 3.05) is 19.0 Å². The van der Waals surface area contributed by atoms with Crippen molar-refractivity contribution in [2.45, 2.75) is 18.9 Å². The molecule has 1 aliphatic carbocycles. The van der Waals surface area contributed by atoms with Gasteiger partial charge in [-0.05, 0) is 25.0 Å². The van der Waals surface area contributed by atoms with Gasteiger partial charge in [0.25, 0.3) is 5.91 Å². The van der Waals surface area contributed by atoms with Crippen molar-refractivity contribution in [2.24, 2.45) is 5.92 Å². The van der Waals surface area contributed by atoms with E-state index in [9.17, 15) is 19.5 Å². The second-order valence-electron chi connectivity index (χ2n) is 4.68. The highest BCUT2D eigenvalue weighted by molar-refractivity contribution is 7.18. The summed E-state index contributed by atoms with van der Waals surface area (Å²) in [6.45, 7) is -0.229. The topological polar surface area (TPSA) is 105 Å². The van der Waals surface area contributed by atoms with E-state index in [2.05, 4.69) is 15.4 Å². The molecule has 114 valence electrons. The molecule has 7 nitrogen and oxygen atoms in total. The Morgan fingerprint density at radius 3 is 2.76 bits per heavy atom. The smallest absolute Gasteiger partial charge is 0.336 e. The van der Waals surface area contributed by atoms with Crippen LogP contribution in [0.5, 0.6) is 0 Å². The fourth-order valence-corrected chi connectivity index (χ4v) is 2.42. The minimum atomic E-state index is -1.40. The largest absolute Gasteiger partial charge is 0.467 e. The number of anilines is 1. The average Bonchev–Trinajstić information content (AvgIpc) is 3.24. The van der Waals surface area contributed by atoms with E-state index in [4.69, 9.17) is 0 Å². The van der Waals surface area contributed by atoms with E-state index < -0.39 is 18.0 Å². The number of carbonyl (C=O) groups excluding carboxylic acids is 3.